The lowest BCUT2D eigenvalue weighted by Gasteiger charge is -2.12. The summed E-state index contributed by atoms with van der Waals surface area (Å²) in [4.78, 5) is 29.9. The zero-order chi connectivity index (χ0) is 24.5. The largest absolute Gasteiger partial charge is 0.457 e. The van der Waals surface area contributed by atoms with Crippen molar-refractivity contribution in [1.29, 1.82) is 0 Å². The molecule has 5 rings (SSSR count). The number of carbonyl (C=O) groups is 1. The van der Waals surface area contributed by atoms with Crippen LogP contribution in [-0.4, -0.2) is 25.2 Å². The fourth-order valence-electron chi connectivity index (χ4n) is 3.89. The molecule has 8 nitrogen and oxygen atoms in total. The molecule has 0 radical (unpaired) electrons. The van der Waals surface area contributed by atoms with Gasteiger partial charge in [0.2, 0.25) is 0 Å². The van der Waals surface area contributed by atoms with Crippen molar-refractivity contribution >= 4 is 22.6 Å². The summed E-state index contributed by atoms with van der Waals surface area (Å²) in [5.74, 6) is 0.922. The molecule has 0 saturated heterocycles. The number of rotatable bonds is 5. The number of benzene rings is 2. The van der Waals surface area contributed by atoms with Crippen LogP contribution in [0.15, 0.2) is 83.9 Å². The van der Waals surface area contributed by atoms with Gasteiger partial charge in [-0.1, -0.05) is 18.2 Å². The Kier molecular flexibility index (Phi) is 5.62. The van der Waals surface area contributed by atoms with Crippen LogP contribution in [0, 0.1) is 13.8 Å². The SMILES string of the molecule is Cc1ccccc1-n1nc(C(=O)Nc2ccc(Oc3ccnc4c3ccn4C)cc2)c(C)cc1=O. The number of pyridine rings is 1. The van der Waals surface area contributed by atoms with Gasteiger partial charge in [-0.05, 0) is 67.4 Å². The number of aromatic nitrogens is 4. The van der Waals surface area contributed by atoms with Crippen molar-refractivity contribution in [2.45, 2.75) is 13.8 Å². The van der Waals surface area contributed by atoms with Crippen molar-refractivity contribution in [2.75, 3.05) is 5.32 Å². The normalized spacial score (nSPS) is 10.9. The first-order chi connectivity index (χ1) is 16.9. The highest BCUT2D eigenvalue weighted by molar-refractivity contribution is 6.03. The fraction of sp³-hybridized carbons (Fsp3) is 0.111. The molecule has 0 aliphatic heterocycles. The second-order valence-electron chi connectivity index (χ2n) is 8.27. The number of carbonyl (C=O) groups excluding carboxylic acids is 1. The van der Waals surface area contributed by atoms with Gasteiger partial charge in [0.05, 0.1) is 11.1 Å². The van der Waals surface area contributed by atoms with Gasteiger partial charge in [-0.3, -0.25) is 9.59 Å². The first kappa shape index (κ1) is 22.1. The van der Waals surface area contributed by atoms with Crippen LogP contribution in [0.4, 0.5) is 5.69 Å². The first-order valence-corrected chi connectivity index (χ1v) is 11.1. The average Bonchev–Trinajstić information content (AvgIpc) is 3.23. The van der Waals surface area contributed by atoms with Gasteiger partial charge in [0.1, 0.15) is 17.1 Å². The number of ether oxygens (including phenoxy) is 1. The molecule has 0 fully saturated rings. The summed E-state index contributed by atoms with van der Waals surface area (Å²) in [6, 6.07) is 19.7. The lowest BCUT2D eigenvalue weighted by atomic mass is 10.2. The van der Waals surface area contributed by atoms with Crippen LogP contribution in [0.3, 0.4) is 0 Å². The zero-order valence-electron chi connectivity index (χ0n) is 19.5. The van der Waals surface area contributed by atoms with Crippen LogP contribution in [-0.2, 0) is 7.05 Å². The summed E-state index contributed by atoms with van der Waals surface area (Å²) >= 11 is 0. The number of hydrogen-bond acceptors (Lipinski definition) is 5. The smallest absolute Gasteiger partial charge is 0.276 e. The van der Waals surface area contributed by atoms with E-state index in [2.05, 4.69) is 15.4 Å². The molecule has 2 aromatic carbocycles. The lowest BCUT2D eigenvalue weighted by molar-refractivity contribution is 0.102. The number of nitrogens with one attached hydrogen (secondary N) is 1. The molecule has 3 heterocycles. The zero-order valence-corrected chi connectivity index (χ0v) is 19.5. The quantitative estimate of drug-likeness (QED) is 0.403. The van der Waals surface area contributed by atoms with Crippen molar-refractivity contribution in [2.24, 2.45) is 7.05 Å². The molecular weight excluding hydrogens is 442 g/mol. The molecule has 174 valence electrons. The third-order valence-corrected chi connectivity index (χ3v) is 5.75. The van der Waals surface area contributed by atoms with E-state index in [9.17, 15) is 9.59 Å². The van der Waals surface area contributed by atoms with Gasteiger partial charge in [0, 0.05) is 31.2 Å². The molecule has 1 amide bonds. The standard InChI is InChI=1S/C27H23N5O3/c1-17-6-4-5-7-22(17)32-24(33)16-18(2)25(30-32)27(34)29-19-8-10-20(11-9-19)35-23-12-14-28-26-21(23)13-15-31(26)3/h4-16H,1-3H3,(H,29,34). The molecule has 0 aliphatic carbocycles. The lowest BCUT2D eigenvalue weighted by Crippen LogP contribution is -2.27. The maximum Gasteiger partial charge on any atom is 0.276 e. The Morgan fingerprint density at radius 3 is 2.51 bits per heavy atom. The summed E-state index contributed by atoms with van der Waals surface area (Å²) in [6.07, 6.45) is 3.64. The minimum atomic E-state index is -0.404. The highest BCUT2D eigenvalue weighted by Crippen LogP contribution is 2.29. The molecule has 0 aliphatic rings. The fourth-order valence-corrected chi connectivity index (χ4v) is 3.89. The number of fused-ring (bicyclic) bond motifs is 1. The topological polar surface area (TPSA) is 91.0 Å². The molecule has 0 saturated carbocycles. The molecular formula is C27H23N5O3. The van der Waals surface area contributed by atoms with Crippen LogP contribution in [0.25, 0.3) is 16.7 Å². The number of anilines is 1. The molecule has 0 unspecified atom stereocenters. The minimum Gasteiger partial charge on any atom is -0.457 e. The second-order valence-corrected chi connectivity index (χ2v) is 8.27. The summed E-state index contributed by atoms with van der Waals surface area (Å²) in [5, 5.41) is 8.13. The summed E-state index contributed by atoms with van der Waals surface area (Å²) in [7, 11) is 1.93. The Morgan fingerprint density at radius 1 is 0.971 bits per heavy atom. The molecule has 5 aromatic rings. The highest BCUT2D eigenvalue weighted by Gasteiger charge is 2.16. The molecule has 1 N–H and O–H groups in total. The maximum atomic E-state index is 13.0. The predicted octanol–water partition coefficient (Wildman–Crippen LogP) is 4.78. The summed E-state index contributed by atoms with van der Waals surface area (Å²) < 4.78 is 9.23. The Morgan fingerprint density at radius 2 is 1.74 bits per heavy atom. The van der Waals surface area contributed by atoms with E-state index in [4.69, 9.17) is 4.74 Å². The van der Waals surface area contributed by atoms with Crippen LogP contribution in [0.1, 0.15) is 21.6 Å². The van der Waals surface area contributed by atoms with Crippen LogP contribution in [0.2, 0.25) is 0 Å². The maximum absolute atomic E-state index is 13.0. The summed E-state index contributed by atoms with van der Waals surface area (Å²) in [6.45, 7) is 3.59. The van der Waals surface area contributed by atoms with Gasteiger partial charge in [0.15, 0.2) is 5.69 Å². The van der Waals surface area contributed by atoms with Crippen molar-refractivity contribution in [1.82, 2.24) is 19.3 Å². The van der Waals surface area contributed by atoms with Crippen molar-refractivity contribution in [3.63, 3.8) is 0 Å². The van der Waals surface area contributed by atoms with Crippen molar-refractivity contribution in [3.8, 4) is 17.2 Å². The molecule has 8 heteroatoms. The average molecular weight is 466 g/mol. The number of nitrogens with zero attached hydrogens (tertiary/aromatic N) is 4. The second kappa shape index (κ2) is 8.90. The van der Waals surface area contributed by atoms with E-state index in [1.54, 1.807) is 43.5 Å². The van der Waals surface area contributed by atoms with E-state index in [0.29, 0.717) is 28.4 Å². The third kappa shape index (κ3) is 4.29. The van der Waals surface area contributed by atoms with E-state index in [0.717, 1.165) is 16.6 Å². The molecule has 0 atom stereocenters. The Balaban J connectivity index is 1.36. The van der Waals surface area contributed by atoms with E-state index in [1.165, 1.54) is 10.7 Å². The van der Waals surface area contributed by atoms with Gasteiger partial charge < -0.3 is 14.6 Å². The molecule has 0 spiro atoms. The Hall–Kier alpha value is -4.72. The Labute approximate surface area is 201 Å². The molecule has 3 aromatic heterocycles. The number of hydrogen-bond donors (Lipinski definition) is 1. The van der Waals surface area contributed by atoms with Gasteiger partial charge >= 0.3 is 0 Å². The van der Waals surface area contributed by atoms with Crippen molar-refractivity contribution < 1.29 is 9.53 Å². The monoisotopic (exact) mass is 465 g/mol. The third-order valence-electron chi connectivity index (χ3n) is 5.75. The number of amides is 1. The highest BCUT2D eigenvalue weighted by atomic mass is 16.5. The molecule has 0 bridgehead atoms. The van der Waals surface area contributed by atoms with E-state index >= 15 is 0 Å². The van der Waals surface area contributed by atoms with E-state index < -0.39 is 5.91 Å². The van der Waals surface area contributed by atoms with Crippen LogP contribution >= 0.6 is 0 Å². The first-order valence-electron chi connectivity index (χ1n) is 11.1. The summed E-state index contributed by atoms with van der Waals surface area (Å²) in [5.41, 5.74) is 3.32. The van der Waals surface area contributed by atoms with Crippen LogP contribution in [0.5, 0.6) is 11.5 Å². The predicted molar refractivity (Wildman–Crippen MR) is 134 cm³/mol. The molecule has 35 heavy (non-hydrogen) atoms. The van der Waals surface area contributed by atoms with E-state index in [-0.39, 0.29) is 11.3 Å². The van der Waals surface area contributed by atoms with Crippen molar-refractivity contribution in [3.05, 3.63) is 106 Å². The van der Waals surface area contributed by atoms with Gasteiger partial charge in [-0.15, -0.1) is 0 Å². The van der Waals surface area contributed by atoms with Gasteiger partial charge in [0.25, 0.3) is 11.5 Å². The number of para-hydroxylation sites is 1. The van der Waals surface area contributed by atoms with E-state index in [1.807, 2.05) is 55.1 Å². The Bertz CT molecular complexity index is 1620. The number of aryl methyl sites for hydroxylation is 3. The minimum absolute atomic E-state index is 0.177. The van der Waals surface area contributed by atoms with Crippen LogP contribution < -0.4 is 15.6 Å². The van der Waals surface area contributed by atoms with Gasteiger partial charge in [-0.2, -0.15) is 9.78 Å². The van der Waals surface area contributed by atoms with Gasteiger partial charge in [-0.25, -0.2) is 4.98 Å².